The maximum Gasteiger partial charge on any atom is 0.269 e. The van der Waals surface area contributed by atoms with E-state index in [1.54, 1.807) is 54.9 Å². The molecular formula is C21H17N5O4S. The van der Waals surface area contributed by atoms with Crippen LogP contribution in [0.15, 0.2) is 65.5 Å². The number of anilines is 1. The fourth-order valence-corrected chi connectivity index (χ4v) is 3.43. The first kappa shape index (κ1) is 20.2. The fraction of sp³-hybridized carbons (Fsp3) is 0.0952. The van der Waals surface area contributed by atoms with Crippen molar-refractivity contribution in [1.82, 2.24) is 14.8 Å². The van der Waals surface area contributed by atoms with Gasteiger partial charge in [-0.15, -0.1) is 11.3 Å². The number of aromatic nitrogens is 3. The van der Waals surface area contributed by atoms with Gasteiger partial charge in [-0.25, -0.2) is 9.67 Å². The van der Waals surface area contributed by atoms with Gasteiger partial charge in [-0.3, -0.25) is 14.9 Å². The molecule has 0 aliphatic heterocycles. The molecule has 0 saturated carbocycles. The number of carbonyl (C=O) groups excluding carboxylic acids is 1. The summed E-state index contributed by atoms with van der Waals surface area (Å²) in [5.74, 6) is 0.674. The summed E-state index contributed by atoms with van der Waals surface area (Å²) in [6.45, 7) is 2.12. The maximum atomic E-state index is 12.8. The summed E-state index contributed by atoms with van der Waals surface area (Å²) in [7, 11) is 0. The minimum Gasteiger partial charge on any atom is -0.487 e. The van der Waals surface area contributed by atoms with E-state index < -0.39 is 4.92 Å². The van der Waals surface area contributed by atoms with Gasteiger partial charge in [-0.1, -0.05) is 6.07 Å². The molecule has 9 nitrogen and oxygen atoms in total. The van der Waals surface area contributed by atoms with Crippen LogP contribution in [0.5, 0.6) is 5.75 Å². The molecule has 0 aliphatic rings. The van der Waals surface area contributed by atoms with Crippen LogP contribution in [0.4, 0.5) is 11.5 Å². The number of thiazole rings is 1. The Morgan fingerprint density at radius 3 is 2.74 bits per heavy atom. The molecule has 4 aromatic rings. The van der Waals surface area contributed by atoms with Gasteiger partial charge in [-0.2, -0.15) is 5.10 Å². The molecule has 0 bridgehead atoms. The Hall–Kier alpha value is -4.05. The first-order chi connectivity index (χ1) is 15.0. The van der Waals surface area contributed by atoms with E-state index >= 15 is 0 Å². The predicted octanol–water partition coefficient (Wildman–Crippen LogP) is 4.38. The number of amides is 1. The number of hydrogen-bond donors (Lipinski definition) is 1. The molecule has 4 rings (SSSR count). The summed E-state index contributed by atoms with van der Waals surface area (Å²) in [5, 5.41) is 20.0. The van der Waals surface area contributed by atoms with E-state index in [-0.39, 0.29) is 11.6 Å². The largest absolute Gasteiger partial charge is 0.487 e. The van der Waals surface area contributed by atoms with Crippen molar-refractivity contribution in [1.29, 1.82) is 0 Å². The van der Waals surface area contributed by atoms with Gasteiger partial charge < -0.3 is 10.1 Å². The lowest BCUT2D eigenvalue weighted by Crippen LogP contribution is -2.15. The Labute approximate surface area is 181 Å². The van der Waals surface area contributed by atoms with Crippen LogP contribution in [0.1, 0.15) is 21.7 Å². The van der Waals surface area contributed by atoms with E-state index in [1.807, 2.05) is 5.38 Å². The van der Waals surface area contributed by atoms with Crippen molar-refractivity contribution in [2.24, 2.45) is 0 Å². The number of nitrogens with one attached hydrogen (secondary N) is 1. The molecular weight excluding hydrogens is 418 g/mol. The fourth-order valence-electron chi connectivity index (χ4n) is 2.88. The molecule has 0 aliphatic carbocycles. The number of aryl methyl sites for hydroxylation is 1. The number of carbonyl (C=O) groups is 1. The van der Waals surface area contributed by atoms with Crippen molar-refractivity contribution in [3.05, 3.63) is 92.6 Å². The van der Waals surface area contributed by atoms with E-state index in [4.69, 9.17) is 4.74 Å². The molecule has 0 atom stereocenters. The van der Waals surface area contributed by atoms with Gasteiger partial charge in [-0.05, 0) is 37.3 Å². The lowest BCUT2D eigenvalue weighted by atomic mass is 10.2. The zero-order valence-corrected chi connectivity index (χ0v) is 17.2. The van der Waals surface area contributed by atoms with Gasteiger partial charge in [0.25, 0.3) is 11.6 Å². The minimum atomic E-state index is -0.468. The molecule has 0 fully saturated rings. The molecule has 10 heteroatoms. The van der Waals surface area contributed by atoms with Crippen LogP contribution in [0, 0.1) is 17.0 Å². The highest BCUT2D eigenvalue weighted by molar-refractivity contribution is 7.07. The Morgan fingerprint density at radius 1 is 1.23 bits per heavy atom. The number of rotatable bonds is 7. The summed E-state index contributed by atoms with van der Waals surface area (Å²) in [5.41, 5.74) is 4.24. The van der Waals surface area contributed by atoms with Gasteiger partial charge in [0.05, 0.1) is 27.5 Å². The molecule has 0 spiro atoms. The summed E-state index contributed by atoms with van der Waals surface area (Å²) < 4.78 is 7.24. The molecule has 0 radical (unpaired) electrons. The van der Waals surface area contributed by atoms with Crippen LogP contribution in [-0.4, -0.2) is 25.6 Å². The number of benzene rings is 2. The van der Waals surface area contributed by atoms with Crippen molar-refractivity contribution in [2.75, 3.05) is 5.32 Å². The van der Waals surface area contributed by atoms with Crippen LogP contribution in [0.25, 0.3) is 5.69 Å². The molecule has 2 heterocycles. The van der Waals surface area contributed by atoms with E-state index in [0.717, 1.165) is 5.69 Å². The van der Waals surface area contributed by atoms with Gasteiger partial charge in [0.15, 0.2) is 0 Å². The normalized spacial score (nSPS) is 10.6. The zero-order chi connectivity index (χ0) is 21.8. The number of nitro benzene ring substituents is 1. The van der Waals surface area contributed by atoms with Gasteiger partial charge in [0.1, 0.15) is 18.2 Å². The quantitative estimate of drug-likeness (QED) is 0.341. The molecule has 2 aromatic carbocycles. The van der Waals surface area contributed by atoms with Crippen molar-refractivity contribution < 1.29 is 14.5 Å². The van der Waals surface area contributed by atoms with Crippen molar-refractivity contribution in [2.45, 2.75) is 13.5 Å². The highest BCUT2D eigenvalue weighted by Crippen LogP contribution is 2.22. The number of nitrogens with zero attached hydrogens (tertiary/aromatic N) is 4. The molecule has 2 aromatic heterocycles. The lowest BCUT2D eigenvalue weighted by Gasteiger charge is -2.10. The monoisotopic (exact) mass is 435 g/mol. The number of non-ortho nitro benzene ring substituents is 1. The summed E-state index contributed by atoms with van der Waals surface area (Å²) in [4.78, 5) is 27.4. The summed E-state index contributed by atoms with van der Waals surface area (Å²) in [6, 6.07) is 14.5. The van der Waals surface area contributed by atoms with E-state index in [0.29, 0.717) is 35.1 Å². The Bertz CT molecular complexity index is 1220. The molecule has 0 unspecified atom stereocenters. The van der Waals surface area contributed by atoms with E-state index in [1.165, 1.54) is 28.2 Å². The third kappa shape index (κ3) is 4.75. The predicted molar refractivity (Wildman–Crippen MR) is 116 cm³/mol. The molecule has 156 valence electrons. The second-order valence-electron chi connectivity index (χ2n) is 6.61. The highest BCUT2D eigenvalue weighted by atomic mass is 32.1. The van der Waals surface area contributed by atoms with Gasteiger partial charge >= 0.3 is 0 Å². The smallest absolute Gasteiger partial charge is 0.269 e. The molecule has 0 saturated heterocycles. The third-order valence-electron chi connectivity index (χ3n) is 4.34. The first-order valence-electron chi connectivity index (χ1n) is 9.22. The van der Waals surface area contributed by atoms with Gasteiger partial charge in [0.2, 0.25) is 0 Å². The molecule has 31 heavy (non-hydrogen) atoms. The SMILES string of the molecule is Cc1cc(NC(=O)c2cccc(OCc3cscn3)c2)n(-c2ccc([N+](=O)[O-])cc2)n1. The maximum absolute atomic E-state index is 12.8. The first-order valence-corrected chi connectivity index (χ1v) is 10.2. The minimum absolute atomic E-state index is 0.0207. The Kier molecular flexibility index (Phi) is 5.72. The van der Waals surface area contributed by atoms with Crippen LogP contribution in [-0.2, 0) is 6.61 Å². The van der Waals surface area contributed by atoms with E-state index in [9.17, 15) is 14.9 Å². The standard InChI is InChI=1S/C21H17N5O4S/c1-14-9-20(25(24-14)17-5-7-18(8-6-17)26(28)29)23-21(27)15-3-2-4-19(10-15)30-11-16-12-31-13-22-16/h2-10,12-13H,11H2,1H3,(H,23,27). The second kappa shape index (κ2) is 8.76. The average Bonchev–Trinajstić information content (AvgIpc) is 3.42. The van der Waals surface area contributed by atoms with Crippen LogP contribution in [0.3, 0.4) is 0 Å². The van der Waals surface area contributed by atoms with Crippen molar-refractivity contribution in [3.63, 3.8) is 0 Å². The molecule has 1 amide bonds. The Morgan fingerprint density at radius 2 is 2.03 bits per heavy atom. The topological polar surface area (TPSA) is 112 Å². The lowest BCUT2D eigenvalue weighted by molar-refractivity contribution is -0.384. The van der Waals surface area contributed by atoms with Crippen LogP contribution < -0.4 is 10.1 Å². The second-order valence-corrected chi connectivity index (χ2v) is 7.33. The number of nitro groups is 1. The average molecular weight is 435 g/mol. The molecule has 1 N–H and O–H groups in total. The number of ether oxygens (including phenoxy) is 1. The van der Waals surface area contributed by atoms with Crippen molar-refractivity contribution in [3.8, 4) is 11.4 Å². The zero-order valence-electron chi connectivity index (χ0n) is 16.4. The van der Waals surface area contributed by atoms with E-state index in [2.05, 4.69) is 15.4 Å². The summed E-state index contributed by atoms with van der Waals surface area (Å²) >= 11 is 1.49. The van der Waals surface area contributed by atoms with Gasteiger partial charge in [0, 0.05) is 29.1 Å². The Balaban J connectivity index is 1.51. The van der Waals surface area contributed by atoms with Crippen molar-refractivity contribution >= 4 is 28.7 Å². The third-order valence-corrected chi connectivity index (χ3v) is 4.98. The van der Waals surface area contributed by atoms with Crippen LogP contribution in [0.2, 0.25) is 0 Å². The van der Waals surface area contributed by atoms with Crippen LogP contribution >= 0.6 is 11.3 Å². The number of hydrogen-bond acceptors (Lipinski definition) is 7. The highest BCUT2D eigenvalue weighted by Gasteiger charge is 2.14. The summed E-state index contributed by atoms with van der Waals surface area (Å²) in [6.07, 6.45) is 0.